The Bertz CT molecular complexity index is 766. The monoisotopic (exact) mass is 315 g/mol. The Morgan fingerprint density at radius 2 is 1.95 bits per heavy atom. The van der Waals surface area contributed by atoms with Crippen LogP contribution in [-0.4, -0.2) is 21.2 Å². The second-order valence-corrected chi connectivity index (χ2v) is 5.41. The molecule has 1 unspecified atom stereocenters. The minimum atomic E-state index is -1.08. The van der Waals surface area contributed by atoms with Gasteiger partial charge in [-0.15, -0.1) is 0 Å². The van der Waals surface area contributed by atoms with Gasteiger partial charge in [-0.2, -0.15) is 0 Å². The molecular weight excluding hydrogens is 302 g/mol. The molecule has 0 fully saturated rings. The zero-order chi connectivity index (χ0) is 15.5. The van der Waals surface area contributed by atoms with E-state index in [4.69, 9.17) is 16.7 Å². The van der Waals surface area contributed by atoms with Gasteiger partial charge in [0, 0.05) is 11.4 Å². The molecule has 22 heavy (non-hydrogen) atoms. The van der Waals surface area contributed by atoms with E-state index >= 15 is 0 Å². The molecule has 3 rings (SSSR count). The third-order valence-corrected chi connectivity index (χ3v) is 3.64. The summed E-state index contributed by atoms with van der Waals surface area (Å²) in [7, 11) is 0. The number of fused-ring (bicyclic) bond motifs is 1. The predicted molar refractivity (Wildman–Crippen MR) is 85.2 cm³/mol. The Hall–Kier alpha value is -2.53. The zero-order valence-electron chi connectivity index (χ0n) is 11.6. The maximum absolute atomic E-state index is 11.1. The van der Waals surface area contributed by atoms with Crippen LogP contribution in [0, 0.1) is 0 Å². The molecule has 0 saturated heterocycles. The van der Waals surface area contributed by atoms with Crippen molar-refractivity contribution < 1.29 is 9.90 Å². The van der Waals surface area contributed by atoms with Crippen LogP contribution in [-0.2, 0) is 6.42 Å². The summed E-state index contributed by atoms with van der Waals surface area (Å²) >= 11 is 5.87. The lowest BCUT2D eigenvalue weighted by Gasteiger charge is -2.14. The molecule has 0 aliphatic heterocycles. The summed E-state index contributed by atoms with van der Waals surface area (Å²) in [5.74, 6) is 0.596. The van der Waals surface area contributed by atoms with E-state index in [1.807, 2.05) is 36.4 Å². The molecule has 112 valence electrons. The van der Waals surface area contributed by atoms with Crippen molar-refractivity contribution in [1.29, 1.82) is 0 Å². The van der Waals surface area contributed by atoms with Gasteiger partial charge in [-0.3, -0.25) is 0 Å². The molecule has 2 aromatic carbocycles. The number of benzene rings is 2. The Labute approximate surface area is 132 Å². The number of aromatic nitrogens is 2. The fourth-order valence-corrected chi connectivity index (χ4v) is 2.48. The number of aromatic amines is 1. The average Bonchev–Trinajstić information content (AvgIpc) is 2.92. The summed E-state index contributed by atoms with van der Waals surface area (Å²) in [6, 6.07) is 14.5. The lowest BCUT2D eigenvalue weighted by molar-refractivity contribution is 0.189. The van der Waals surface area contributed by atoms with E-state index in [9.17, 15) is 4.79 Å². The minimum absolute atomic E-state index is 0.453. The molecular formula is C16H14ClN3O2. The van der Waals surface area contributed by atoms with Gasteiger partial charge in [-0.05, 0) is 29.8 Å². The average molecular weight is 316 g/mol. The first-order valence-corrected chi connectivity index (χ1v) is 7.18. The Balaban J connectivity index is 1.91. The van der Waals surface area contributed by atoms with E-state index < -0.39 is 12.1 Å². The van der Waals surface area contributed by atoms with Gasteiger partial charge in [-0.1, -0.05) is 35.9 Å². The van der Waals surface area contributed by atoms with Crippen LogP contribution in [0.2, 0.25) is 5.02 Å². The molecule has 0 spiro atoms. The molecule has 3 aromatic rings. The summed E-state index contributed by atoms with van der Waals surface area (Å²) < 4.78 is 0. The minimum Gasteiger partial charge on any atom is -0.465 e. The fraction of sp³-hybridized carbons (Fsp3) is 0.125. The number of amides is 1. The molecule has 0 saturated carbocycles. The molecule has 1 aromatic heterocycles. The fourth-order valence-electron chi connectivity index (χ4n) is 2.36. The molecule has 0 aliphatic carbocycles. The Morgan fingerprint density at radius 1 is 1.23 bits per heavy atom. The first-order valence-electron chi connectivity index (χ1n) is 6.80. The highest BCUT2D eigenvalue weighted by Crippen LogP contribution is 2.20. The number of hydrogen-bond donors (Lipinski definition) is 3. The highest BCUT2D eigenvalue weighted by molar-refractivity contribution is 6.30. The van der Waals surface area contributed by atoms with Crippen LogP contribution >= 0.6 is 11.6 Å². The number of carbonyl (C=O) groups is 1. The van der Waals surface area contributed by atoms with E-state index in [-0.39, 0.29) is 0 Å². The van der Waals surface area contributed by atoms with Crippen LogP contribution in [0.15, 0.2) is 48.5 Å². The van der Waals surface area contributed by atoms with E-state index in [1.165, 1.54) is 0 Å². The molecule has 0 radical (unpaired) electrons. The second kappa shape index (κ2) is 6.07. The molecule has 1 heterocycles. The lowest BCUT2D eigenvalue weighted by atomic mass is 10.1. The van der Waals surface area contributed by atoms with Crippen molar-refractivity contribution in [2.45, 2.75) is 12.5 Å². The molecule has 0 aliphatic rings. The van der Waals surface area contributed by atoms with Crippen molar-refractivity contribution in [2.24, 2.45) is 0 Å². The number of halogens is 1. The number of rotatable bonds is 4. The van der Waals surface area contributed by atoms with E-state index in [2.05, 4.69) is 15.3 Å². The van der Waals surface area contributed by atoms with Crippen LogP contribution < -0.4 is 5.32 Å². The molecule has 6 heteroatoms. The van der Waals surface area contributed by atoms with Crippen LogP contribution in [0.1, 0.15) is 17.4 Å². The first-order chi connectivity index (χ1) is 10.6. The lowest BCUT2D eigenvalue weighted by Crippen LogP contribution is -2.29. The van der Waals surface area contributed by atoms with Crippen LogP contribution in [0.5, 0.6) is 0 Å². The molecule has 1 amide bonds. The predicted octanol–water partition coefficient (Wildman–Crippen LogP) is 3.77. The van der Waals surface area contributed by atoms with Crippen LogP contribution in [0.25, 0.3) is 11.0 Å². The summed E-state index contributed by atoms with van der Waals surface area (Å²) in [4.78, 5) is 18.7. The second-order valence-electron chi connectivity index (χ2n) is 4.97. The molecule has 5 nitrogen and oxygen atoms in total. The number of para-hydroxylation sites is 2. The van der Waals surface area contributed by atoms with Gasteiger partial charge in [0.15, 0.2) is 0 Å². The van der Waals surface area contributed by atoms with Crippen molar-refractivity contribution in [3.8, 4) is 0 Å². The van der Waals surface area contributed by atoms with Crippen LogP contribution in [0.4, 0.5) is 4.79 Å². The zero-order valence-corrected chi connectivity index (χ0v) is 12.3. The summed E-state index contributed by atoms with van der Waals surface area (Å²) in [5, 5.41) is 12.2. The highest BCUT2D eigenvalue weighted by atomic mass is 35.5. The Kier molecular flexibility index (Phi) is 3.98. The normalized spacial score (nSPS) is 12.2. The number of carboxylic acid groups (broad SMARTS) is 1. The van der Waals surface area contributed by atoms with Gasteiger partial charge in [0.2, 0.25) is 0 Å². The van der Waals surface area contributed by atoms with Gasteiger partial charge in [0.25, 0.3) is 0 Å². The van der Waals surface area contributed by atoms with Gasteiger partial charge in [0.05, 0.1) is 17.1 Å². The highest BCUT2D eigenvalue weighted by Gasteiger charge is 2.18. The first kappa shape index (κ1) is 14.4. The van der Waals surface area contributed by atoms with Crippen LogP contribution in [0.3, 0.4) is 0 Å². The number of nitrogens with zero attached hydrogens (tertiary/aromatic N) is 1. The van der Waals surface area contributed by atoms with Crippen molar-refractivity contribution >= 4 is 28.7 Å². The van der Waals surface area contributed by atoms with Gasteiger partial charge in [-0.25, -0.2) is 9.78 Å². The van der Waals surface area contributed by atoms with Crippen molar-refractivity contribution in [2.75, 3.05) is 0 Å². The van der Waals surface area contributed by atoms with Crippen molar-refractivity contribution in [3.63, 3.8) is 0 Å². The smallest absolute Gasteiger partial charge is 0.405 e. The number of nitrogens with one attached hydrogen (secondary N) is 2. The summed E-state index contributed by atoms with van der Waals surface area (Å²) in [5.41, 5.74) is 2.67. The van der Waals surface area contributed by atoms with Gasteiger partial charge < -0.3 is 15.4 Å². The number of H-pyrrole nitrogens is 1. The van der Waals surface area contributed by atoms with E-state index in [0.29, 0.717) is 17.3 Å². The standard InChI is InChI=1S/C16H14ClN3O2/c17-11-7-5-10(6-8-11)9-14(20-16(21)22)15-18-12-3-1-2-4-13(12)19-15/h1-8,14,20H,9H2,(H,18,19)(H,21,22). The number of imidazole rings is 1. The maximum atomic E-state index is 11.1. The molecule has 1 atom stereocenters. The van der Waals surface area contributed by atoms with Gasteiger partial charge in [0.1, 0.15) is 5.82 Å². The van der Waals surface area contributed by atoms with Crippen molar-refractivity contribution in [1.82, 2.24) is 15.3 Å². The Morgan fingerprint density at radius 3 is 2.64 bits per heavy atom. The quantitative estimate of drug-likeness (QED) is 0.686. The molecule has 3 N–H and O–H groups in total. The SMILES string of the molecule is O=C(O)NC(Cc1ccc(Cl)cc1)c1nc2ccccc2[nH]1. The maximum Gasteiger partial charge on any atom is 0.405 e. The summed E-state index contributed by atoms with van der Waals surface area (Å²) in [6.07, 6.45) is -0.594. The third kappa shape index (κ3) is 3.20. The molecule has 0 bridgehead atoms. The topological polar surface area (TPSA) is 78.0 Å². The largest absolute Gasteiger partial charge is 0.465 e. The van der Waals surface area contributed by atoms with Gasteiger partial charge >= 0.3 is 6.09 Å². The summed E-state index contributed by atoms with van der Waals surface area (Å²) in [6.45, 7) is 0. The number of hydrogen-bond acceptors (Lipinski definition) is 2. The van der Waals surface area contributed by atoms with E-state index in [0.717, 1.165) is 16.6 Å². The van der Waals surface area contributed by atoms with Crippen molar-refractivity contribution in [3.05, 3.63) is 64.9 Å². The van der Waals surface area contributed by atoms with E-state index in [1.54, 1.807) is 12.1 Å². The third-order valence-electron chi connectivity index (χ3n) is 3.39.